The topological polar surface area (TPSA) is 90.1 Å². The number of nitrogens with one attached hydrogen (secondary N) is 1. The van der Waals surface area contributed by atoms with Gasteiger partial charge in [-0.2, -0.15) is 5.10 Å². The summed E-state index contributed by atoms with van der Waals surface area (Å²) in [5, 5.41) is 18.3. The molecule has 0 aliphatic carbocycles. The van der Waals surface area contributed by atoms with Gasteiger partial charge >= 0.3 is 0 Å². The van der Waals surface area contributed by atoms with Crippen LogP contribution >= 0.6 is 11.3 Å². The van der Waals surface area contributed by atoms with E-state index in [0.717, 1.165) is 35.2 Å². The second kappa shape index (κ2) is 7.85. The largest absolute Gasteiger partial charge is 0.313 e. The van der Waals surface area contributed by atoms with Crippen LogP contribution in [0.25, 0.3) is 10.6 Å². The zero-order chi connectivity index (χ0) is 20.4. The Morgan fingerprint density at radius 2 is 1.96 bits per heavy atom. The fourth-order valence-electron chi connectivity index (χ4n) is 2.72. The number of rotatable bonds is 6. The lowest BCUT2D eigenvalue weighted by atomic mass is 10.2. The highest BCUT2D eigenvalue weighted by atomic mass is 32.1. The van der Waals surface area contributed by atoms with Crippen molar-refractivity contribution in [1.29, 1.82) is 0 Å². The van der Waals surface area contributed by atoms with Crippen LogP contribution in [-0.4, -0.2) is 20.6 Å². The molecule has 2 aromatic heterocycles. The van der Waals surface area contributed by atoms with E-state index < -0.39 is 28.0 Å². The molecule has 0 spiro atoms. The third kappa shape index (κ3) is 3.63. The van der Waals surface area contributed by atoms with Crippen molar-refractivity contribution in [2.75, 3.05) is 5.32 Å². The van der Waals surface area contributed by atoms with Crippen LogP contribution in [-0.2, 0) is 13.0 Å². The maximum Gasteiger partial charge on any atom is 0.291 e. The molecule has 1 amide bonds. The molecule has 0 unspecified atom stereocenters. The van der Waals surface area contributed by atoms with Crippen LogP contribution in [0.4, 0.5) is 19.5 Å². The molecule has 3 rings (SSSR count). The summed E-state index contributed by atoms with van der Waals surface area (Å²) in [6.07, 6.45) is 0.662. The van der Waals surface area contributed by atoms with Gasteiger partial charge in [-0.15, -0.1) is 11.3 Å². The molecule has 0 fully saturated rings. The van der Waals surface area contributed by atoms with Gasteiger partial charge in [0.05, 0.1) is 22.4 Å². The Morgan fingerprint density at radius 3 is 2.54 bits per heavy atom. The van der Waals surface area contributed by atoms with E-state index >= 15 is 0 Å². The number of carbonyl (C=O) groups is 1. The third-order valence-corrected chi connectivity index (χ3v) is 5.12. The molecule has 10 heteroatoms. The molecular weight excluding hydrogens is 390 g/mol. The van der Waals surface area contributed by atoms with Crippen LogP contribution in [0.2, 0.25) is 0 Å². The van der Waals surface area contributed by atoms with Gasteiger partial charge in [0.15, 0.2) is 0 Å². The van der Waals surface area contributed by atoms with E-state index in [1.807, 2.05) is 13.8 Å². The van der Waals surface area contributed by atoms with E-state index in [4.69, 9.17) is 0 Å². The number of carbonyl (C=O) groups excluding carboxylic acids is 1. The minimum atomic E-state index is -1.02. The lowest BCUT2D eigenvalue weighted by molar-refractivity contribution is -0.383. The third-order valence-electron chi connectivity index (χ3n) is 4.06. The predicted molar refractivity (Wildman–Crippen MR) is 102 cm³/mol. The average Bonchev–Trinajstić information content (AvgIpc) is 3.25. The molecule has 2 heterocycles. The van der Waals surface area contributed by atoms with E-state index in [-0.39, 0.29) is 10.7 Å². The van der Waals surface area contributed by atoms with Crippen molar-refractivity contribution in [3.8, 4) is 10.6 Å². The highest BCUT2D eigenvalue weighted by molar-refractivity contribution is 7.20. The van der Waals surface area contributed by atoms with Crippen LogP contribution in [0.3, 0.4) is 0 Å². The van der Waals surface area contributed by atoms with Gasteiger partial charge in [-0.25, -0.2) is 8.78 Å². The summed E-state index contributed by atoms with van der Waals surface area (Å²) in [5.41, 5.74) is 0.366. The molecule has 1 aromatic carbocycles. The number of amides is 1. The maximum atomic E-state index is 13.8. The number of halogens is 2. The van der Waals surface area contributed by atoms with Gasteiger partial charge < -0.3 is 5.32 Å². The number of nitro groups is 1. The Balaban J connectivity index is 2.01. The highest BCUT2D eigenvalue weighted by Gasteiger charge is 2.26. The molecular formula is C18H16F2N4O3S. The van der Waals surface area contributed by atoms with Crippen molar-refractivity contribution in [2.45, 2.75) is 26.8 Å². The van der Waals surface area contributed by atoms with Gasteiger partial charge in [0, 0.05) is 6.54 Å². The first-order valence-electron chi connectivity index (χ1n) is 8.46. The number of aromatic nitrogens is 2. The predicted octanol–water partition coefficient (Wildman–Crippen LogP) is 4.63. The first-order valence-corrected chi connectivity index (χ1v) is 9.28. The molecule has 0 saturated carbocycles. The number of aryl methyl sites for hydroxylation is 2. The van der Waals surface area contributed by atoms with Crippen LogP contribution in [0.1, 0.15) is 29.9 Å². The zero-order valence-corrected chi connectivity index (χ0v) is 15.8. The van der Waals surface area contributed by atoms with Crippen molar-refractivity contribution in [2.24, 2.45) is 0 Å². The number of anilines is 1. The Kier molecular flexibility index (Phi) is 5.50. The van der Waals surface area contributed by atoms with E-state index in [1.54, 1.807) is 10.7 Å². The van der Waals surface area contributed by atoms with Gasteiger partial charge in [-0.05, 0) is 31.5 Å². The molecule has 0 aliphatic rings. The standard InChI is InChI=1S/C18H16F2N4O3S/c1-3-10-8-13(23(4-2)22-10)17-14(24(26)27)9-15(28-17)21-18(25)16-11(19)6-5-7-12(16)20/h5-9H,3-4H2,1-2H3,(H,21,25). The number of hydrogen-bond donors (Lipinski definition) is 1. The Bertz CT molecular complexity index is 1040. The lowest BCUT2D eigenvalue weighted by Crippen LogP contribution is -2.15. The van der Waals surface area contributed by atoms with Gasteiger partial charge in [0.2, 0.25) is 0 Å². The molecule has 0 radical (unpaired) electrons. The van der Waals surface area contributed by atoms with Crippen LogP contribution in [0, 0.1) is 21.7 Å². The first kappa shape index (κ1) is 19.6. The Morgan fingerprint density at radius 1 is 1.29 bits per heavy atom. The van der Waals surface area contributed by atoms with Crippen molar-refractivity contribution in [3.05, 3.63) is 63.3 Å². The van der Waals surface area contributed by atoms with Crippen LogP contribution < -0.4 is 5.32 Å². The molecule has 7 nitrogen and oxygen atoms in total. The summed E-state index contributed by atoms with van der Waals surface area (Å²) in [4.78, 5) is 23.5. The lowest BCUT2D eigenvalue weighted by Gasteiger charge is -2.04. The van der Waals surface area contributed by atoms with Crippen molar-refractivity contribution >= 4 is 27.9 Å². The minimum Gasteiger partial charge on any atom is -0.313 e. The van der Waals surface area contributed by atoms with Crippen LogP contribution in [0.15, 0.2) is 30.3 Å². The van der Waals surface area contributed by atoms with Gasteiger partial charge in [0.25, 0.3) is 11.6 Å². The normalized spacial score (nSPS) is 10.9. The average molecular weight is 406 g/mol. The second-order valence-electron chi connectivity index (χ2n) is 5.82. The summed E-state index contributed by atoms with van der Waals surface area (Å²) in [6, 6.07) is 6.01. The summed E-state index contributed by atoms with van der Waals surface area (Å²) < 4.78 is 29.2. The Labute approximate surface area is 162 Å². The van der Waals surface area contributed by atoms with E-state index in [2.05, 4.69) is 10.4 Å². The molecule has 28 heavy (non-hydrogen) atoms. The molecule has 146 valence electrons. The summed E-state index contributed by atoms with van der Waals surface area (Å²) in [5.74, 6) is -3.04. The summed E-state index contributed by atoms with van der Waals surface area (Å²) in [6.45, 7) is 4.29. The maximum absolute atomic E-state index is 13.8. The van der Waals surface area contributed by atoms with Gasteiger partial charge in [-0.1, -0.05) is 13.0 Å². The molecule has 0 bridgehead atoms. The fourth-order valence-corrected chi connectivity index (χ4v) is 3.76. The zero-order valence-electron chi connectivity index (χ0n) is 15.0. The molecule has 1 N–H and O–H groups in total. The highest BCUT2D eigenvalue weighted by Crippen LogP contribution is 2.41. The minimum absolute atomic E-state index is 0.108. The summed E-state index contributed by atoms with van der Waals surface area (Å²) >= 11 is 0.950. The smallest absolute Gasteiger partial charge is 0.291 e. The Hall–Kier alpha value is -3.14. The SMILES string of the molecule is CCc1cc(-c2sc(NC(=O)c3c(F)cccc3F)cc2[N+](=O)[O-])n(CC)n1. The second-order valence-corrected chi connectivity index (χ2v) is 6.88. The fraction of sp³-hybridized carbons (Fsp3) is 0.222. The van der Waals surface area contributed by atoms with E-state index in [9.17, 15) is 23.7 Å². The number of nitrogens with zero attached hydrogens (tertiary/aromatic N) is 3. The number of hydrogen-bond acceptors (Lipinski definition) is 5. The molecule has 0 saturated heterocycles. The van der Waals surface area contributed by atoms with Crippen molar-refractivity contribution in [1.82, 2.24) is 9.78 Å². The first-order chi connectivity index (χ1) is 13.3. The molecule has 3 aromatic rings. The van der Waals surface area contributed by atoms with Gasteiger partial charge in [0.1, 0.15) is 27.1 Å². The van der Waals surface area contributed by atoms with Gasteiger partial charge in [-0.3, -0.25) is 19.6 Å². The monoisotopic (exact) mass is 406 g/mol. The van der Waals surface area contributed by atoms with Crippen LogP contribution in [0.5, 0.6) is 0 Å². The number of benzene rings is 1. The van der Waals surface area contributed by atoms with Crippen molar-refractivity contribution in [3.63, 3.8) is 0 Å². The quantitative estimate of drug-likeness (QED) is 0.477. The number of thiophene rings is 1. The molecule has 0 atom stereocenters. The van der Waals surface area contributed by atoms with Crippen molar-refractivity contribution < 1.29 is 18.5 Å². The van der Waals surface area contributed by atoms with E-state index in [0.29, 0.717) is 23.5 Å². The molecule has 0 aliphatic heterocycles. The van der Waals surface area contributed by atoms with E-state index in [1.165, 1.54) is 6.07 Å². The summed E-state index contributed by atoms with van der Waals surface area (Å²) in [7, 11) is 0.